The largest absolute Gasteiger partial charge is 0.370 e. The summed E-state index contributed by atoms with van der Waals surface area (Å²) in [5.74, 6) is 0.367. The summed E-state index contributed by atoms with van der Waals surface area (Å²) in [5, 5.41) is 3.23. The number of sulfonamides is 1. The second-order valence-electron chi connectivity index (χ2n) is 7.52. The summed E-state index contributed by atoms with van der Waals surface area (Å²) in [6, 6.07) is 13.2. The highest BCUT2D eigenvalue weighted by Crippen LogP contribution is 2.27. The standard InChI is InChI=1S/C21H26N4O2S/c22-21(24-20-7-3-5-16-4-1-2-6-19(16)20)23-14-15-8-12-18(13-9-15)28(26,27)25-17-10-11-17/h3,5,7-9,12-13,17,25H,1-2,4,6,10-11,14H2,(H3,22,23,24). The van der Waals surface area contributed by atoms with Crippen LogP contribution >= 0.6 is 0 Å². The minimum atomic E-state index is -3.42. The predicted octanol–water partition coefficient (Wildman–Crippen LogP) is 2.93. The number of hydrogen-bond acceptors (Lipinski definition) is 3. The molecule has 0 atom stereocenters. The van der Waals surface area contributed by atoms with Crippen molar-refractivity contribution in [3.05, 3.63) is 59.2 Å². The minimum absolute atomic E-state index is 0.101. The number of anilines is 1. The molecule has 148 valence electrons. The molecule has 0 bridgehead atoms. The fraction of sp³-hybridized carbons (Fsp3) is 0.381. The molecule has 2 aliphatic carbocycles. The van der Waals surface area contributed by atoms with E-state index in [0.717, 1.165) is 36.9 Å². The molecule has 0 saturated heterocycles. The number of aliphatic imine (C=N–C) groups is 1. The van der Waals surface area contributed by atoms with Crippen LogP contribution in [0.2, 0.25) is 0 Å². The van der Waals surface area contributed by atoms with Gasteiger partial charge in [0.15, 0.2) is 5.96 Å². The summed E-state index contributed by atoms with van der Waals surface area (Å²) in [5.41, 5.74) is 10.7. The van der Waals surface area contributed by atoms with Gasteiger partial charge in [0.2, 0.25) is 10.0 Å². The Morgan fingerprint density at radius 1 is 1.07 bits per heavy atom. The molecule has 1 fully saturated rings. The molecule has 4 rings (SSSR count). The second-order valence-corrected chi connectivity index (χ2v) is 9.23. The zero-order valence-electron chi connectivity index (χ0n) is 15.8. The van der Waals surface area contributed by atoms with Crippen molar-refractivity contribution in [1.82, 2.24) is 4.72 Å². The van der Waals surface area contributed by atoms with E-state index < -0.39 is 10.0 Å². The third-order valence-corrected chi connectivity index (χ3v) is 6.76. The van der Waals surface area contributed by atoms with E-state index in [1.165, 1.54) is 24.0 Å². The van der Waals surface area contributed by atoms with Crippen molar-refractivity contribution in [3.63, 3.8) is 0 Å². The summed E-state index contributed by atoms with van der Waals surface area (Å²) >= 11 is 0. The number of hydrogen-bond donors (Lipinski definition) is 3. The first-order valence-electron chi connectivity index (χ1n) is 9.80. The van der Waals surface area contributed by atoms with Gasteiger partial charge < -0.3 is 11.1 Å². The molecule has 0 radical (unpaired) electrons. The number of aryl methyl sites for hydroxylation is 1. The Kier molecular flexibility index (Phi) is 5.37. The summed E-state index contributed by atoms with van der Waals surface area (Å²) < 4.78 is 27.1. The topological polar surface area (TPSA) is 96.6 Å². The normalized spacial score (nSPS) is 17.2. The monoisotopic (exact) mass is 398 g/mol. The Labute approximate surface area is 166 Å². The second kappa shape index (κ2) is 7.93. The molecule has 2 aromatic rings. The molecule has 7 heteroatoms. The Morgan fingerprint density at radius 2 is 1.82 bits per heavy atom. The number of rotatable bonds is 6. The van der Waals surface area contributed by atoms with Crippen molar-refractivity contribution >= 4 is 21.7 Å². The summed E-state index contributed by atoms with van der Waals surface area (Å²) in [7, 11) is -3.42. The molecule has 0 unspecified atom stereocenters. The highest BCUT2D eigenvalue weighted by molar-refractivity contribution is 7.89. The lowest BCUT2D eigenvalue weighted by atomic mass is 9.90. The minimum Gasteiger partial charge on any atom is -0.370 e. The van der Waals surface area contributed by atoms with Crippen LogP contribution in [0.25, 0.3) is 0 Å². The SMILES string of the molecule is NC(=NCc1ccc(S(=O)(=O)NC2CC2)cc1)Nc1cccc2c1CCCC2. The fourth-order valence-electron chi connectivity index (χ4n) is 3.52. The Hall–Kier alpha value is -2.38. The molecule has 6 nitrogen and oxygen atoms in total. The van der Waals surface area contributed by atoms with Gasteiger partial charge in [0.25, 0.3) is 0 Å². The first-order valence-corrected chi connectivity index (χ1v) is 11.3. The van der Waals surface area contributed by atoms with Crippen molar-refractivity contribution < 1.29 is 8.42 Å². The van der Waals surface area contributed by atoms with Crippen molar-refractivity contribution in [3.8, 4) is 0 Å². The lowest BCUT2D eigenvalue weighted by molar-refractivity contribution is 0.581. The maximum Gasteiger partial charge on any atom is 0.240 e. The van der Waals surface area contributed by atoms with Crippen LogP contribution in [-0.2, 0) is 29.4 Å². The number of benzene rings is 2. The average molecular weight is 399 g/mol. The lowest BCUT2D eigenvalue weighted by Crippen LogP contribution is -2.25. The van der Waals surface area contributed by atoms with Crippen molar-refractivity contribution in [2.75, 3.05) is 5.32 Å². The molecule has 0 aliphatic heterocycles. The molecule has 2 aliphatic rings. The van der Waals surface area contributed by atoms with Gasteiger partial charge in [0, 0.05) is 11.7 Å². The first kappa shape index (κ1) is 19.0. The van der Waals surface area contributed by atoms with E-state index in [1.807, 2.05) is 6.07 Å². The van der Waals surface area contributed by atoms with Gasteiger partial charge in [-0.25, -0.2) is 18.1 Å². The van der Waals surface area contributed by atoms with Crippen LogP contribution in [0.15, 0.2) is 52.4 Å². The zero-order valence-corrected chi connectivity index (χ0v) is 16.6. The summed E-state index contributed by atoms with van der Waals surface area (Å²) in [4.78, 5) is 4.69. The third-order valence-electron chi connectivity index (χ3n) is 5.22. The average Bonchev–Trinajstić information content (AvgIpc) is 3.50. The third kappa shape index (κ3) is 4.54. The molecule has 28 heavy (non-hydrogen) atoms. The van der Waals surface area contributed by atoms with Crippen molar-refractivity contribution in [2.24, 2.45) is 10.7 Å². The fourth-order valence-corrected chi connectivity index (χ4v) is 4.82. The van der Waals surface area contributed by atoms with Crippen LogP contribution in [0, 0.1) is 0 Å². The van der Waals surface area contributed by atoms with Gasteiger partial charge in [-0.1, -0.05) is 24.3 Å². The van der Waals surface area contributed by atoms with Crippen molar-refractivity contribution in [2.45, 2.75) is 56.0 Å². The molecule has 4 N–H and O–H groups in total. The highest BCUT2D eigenvalue weighted by atomic mass is 32.2. The van der Waals surface area contributed by atoms with E-state index in [0.29, 0.717) is 12.5 Å². The molecule has 1 saturated carbocycles. The molecule has 0 spiro atoms. The predicted molar refractivity (Wildman–Crippen MR) is 112 cm³/mol. The van der Waals surface area contributed by atoms with Gasteiger partial charge in [0.1, 0.15) is 0 Å². The maximum absolute atomic E-state index is 12.2. The number of guanidine groups is 1. The molecule has 0 heterocycles. The number of nitrogens with zero attached hydrogens (tertiary/aromatic N) is 1. The van der Waals surface area contributed by atoms with Crippen molar-refractivity contribution in [1.29, 1.82) is 0 Å². The Bertz CT molecular complexity index is 980. The Morgan fingerprint density at radius 3 is 2.57 bits per heavy atom. The maximum atomic E-state index is 12.2. The lowest BCUT2D eigenvalue weighted by Gasteiger charge is -2.19. The van der Waals surface area contributed by atoms with Gasteiger partial charge >= 0.3 is 0 Å². The first-order chi connectivity index (χ1) is 13.5. The zero-order chi connectivity index (χ0) is 19.6. The molecule has 2 aromatic carbocycles. The quantitative estimate of drug-likeness (QED) is 0.515. The van der Waals surface area contributed by atoms with E-state index in [9.17, 15) is 8.42 Å². The van der Waals surface area contributed by atoms with Gasteiger partial charge in [0.05, 0.1) is 11.4 Å². The molecular formula is C21H26N4O2S. The van der Waals surface area contributed by atoms with Gasteiger partial charge in [-0.15, -0.1) is 0 Å². The van der Waals surface area contributed by atoms with Crippen LogP contribution in [0.4, 0.5) is 5.69 Å². The number of fused-ring (bicyclic) bond motifs is 1. The Balaban J connectivity index is 1.40. The van der Waals surface area contributed by atoms with Crippen LogP contribution in [0.3, 0.4) is 0 Å². The van der Waals surface area contributed by atoms with Gasteiger partial charge in [-0.2, -0.15) is 0 Å². The van der Waals surface area contributed by atoms with Crippen LogP contribution in [-0.4, -0.2) is 20.4 Å². The summed E-state index contributed by atoms with van der Waals surface area (Å²) in [6.07, 6.45) is 6.46. The smallest absolute Gasteiger partial charge is 0.240 e. The van der Waals surface area contributed by atoms with E-state index in [2.05, 4.69) is 27.2 Å². The van der Waals surface area contributed by atoms with E-state index >= 15 is 0 Å². The molecule has 0 aromatic heterocycles. The van der Waals surface area contributed by atoms with Crippen LogP contribution < -0.4 is 15.8 Å². The van der Waals surface area contributed by atoms with Gasteiger partial charge in [-0.05, 0) is 73.4 Å². The number of nitrogens with one attached hydrogen (secondary N) is 2. The van der Waals surface area contributed by atoms with Crippen LogP contribution in [0.1, 0.15) is 42.4 Å². The van der Waals surface area contributed by atoms with E-state index in [-0.39, 0.29) is 10.9 Å². The summed E-state index contributed by atoms with van der Waals surface area (Å²) in [6.45, 7) is 0.393. The van der Waals surface area contributed by atoms with E-state index in [1.54, 1.807) is 24.3 Å². The number of nitrogens with two attached hydrogens (primary N) is 1. The van der Waals surface area contributed by atoms with Gasteiger partial charge in [-0.3, -0.25) is 0 Å². The van der Waals surface area contributed by atoms with Crippen LogP contribution in [0.5, 0.6) is 0 Å². The highest BCUT2D eigenvalue weighted by Gasteiger charge is 2.27. The molecule has 0 amide bonds. The molecular weight excluding hydrogens is 372 g/mol. The van der Waals surface area contributed by atoms with E-state index in [4.69, 9.17) is 5.73 Å².